The van der Waals surface area contributed by atoms with Crippen molar-refractivity contribution in [2.75, 3.05) is 16.0 Å². The lowest BCUT2D eigenvalue weighted by atomic mass is 10.2. The third-order valence-corrected chi connectivity index (χ3v) is 3.52. The van der Waals surface area contributed by atoms with Crippen molar-refractivity contribution in [2.24, 2.45) is 0 Å². The van der Waals surface area contributed by atoms with Gasteiger partial charge in [-0.25, -0.2) is 15.0 Å². The average molecular weight is 276 g/mol. The van der Waals surface area contributed by atoms with Crippen LogP contribution in [-0.2, 0) is 4.79 Å². The molecule has 1 aliphatic heterocycles. The number of anilines is 4. The van der Waals surface area contributed by atoms with Crippen LogP contribution in [0, 0.1) is 6.92 Å². The fourth-order valence-corrected chi connectivity index (χ4v) is 2.39. The smallest absolute Gasteiger partial charge is 0.246 e. The number of amides is 1. The maximum atomic E-state index is 11.7. The Labute approximate surface area is 113 Å². The summed E-state index contributed by atoms with van der Waals surface area (Å²) in [4.78, 5) is 25.3. The molecular formula is C11H12N6OS. The average Bonchev–Trinajstić information content (AvgIpc) is 2.77. The number of carbonyl (C=O) groups is 1. The molecule has 7 nitrogen and oxygen atoms in total. The van der Waals surface area contributed by atoms with Crippen LogP contribution >= 0.6 is 11.3 Å². The van der Waals surface area contributed by atoms with Crippen molar-refractivity contribution in [3.63, 3.8) is 0 Å². The number of rotatable bonds is 2. The van der Waals surface area contributed by atoms with Gasteiger partial charge >= 0.3 is 0 Å². The molecular weight excluding hydrogens is 264 g/mol. The molecule has 1 unspecified atom stereocenters. The monoisotopic (exact) mass is 276 g/mol. The van der Waals surface area contributed by atoms with Crippen molar-refractivity contribution in [3.05, 3.63) is 17.4 Å². The molecule has 3 rings (SSSR count). The van der Waals surface area contributed by atoms with E-state index in [1.54, 1.807) is 13.1 Å². The van der Waals surface area contributed by atoms with Crippen molar-refractivity contribution >= 4 is 39.7 Å². The number of nitrogens with one attached hydrogen (secondary N) is 3. The summed E-state index contributed by atoms with van der Waals surface area (Å²) >= 11 is 1.52. The van der Waals surface area contributed by atoms with Crippen LogP contribution in [-0.4, -0.2) is 26.9 Å². The number of hydrogen-bond acceptors (Lipinski definition) is 7. The Morgan fingerprint density at radius 3 is 2.95 bits per heavy atom. The first-order valence-corrected chi connectivity index (χ1v) is 6.57. The summed E-state index contributed by atoms with van der Waals surface area (Å²) < 4.78 is 0. The van der Waals surface area contributed by atoms with Gasteiger partial charge in [0.15, 0.2) is 16.8 Å². The third kappa shape index (κ3) is 2.22. The van der Waals surface area contributed by atoms with Gasteiger partial charge in [0, 0.05) is 11.1 Å². The highest BCUT2D eigenvalue weighted by molar-refractivity contribution is 7.15. The quantitative estimate of drug-likeness (QED) is 0.773. The molecule has 1 amide bonds. The number of thiazole rings is 1. The highest BCUT2D eigenvalue weighted by atomic mass is 32.1. The van der Waals surface area contributed by atoms with Crippen LogP contribution in [0.15, 0.2) is 12.5 Å². The summed E-state index contributed by atoms with van der Waals surface area (Å²) in [5.74, 6) is 1.03. The van der Waals surface area contributed by atoms with E-state index in [0.717, 1.165) is 10.0 Å². The molecule has 2 aromatic rings. The molecule has 8 heteroatoms. The molecule has 0 fully saturated rings. The summed E-state index contributed by atoms with van der Waals surface area (Å²) in [7, 11) is 0. The molecule has 0 aliphatic carbocycles. The summed E-state index contributed by atoms with van der Waals surface area (Å²) in [6, 6.07) is -0.308. The van der Waals surface area contributed by atoms with Gasteiger partial charge in [-0.05, 0) is 13.8 Å². The Balaban J connectivity index is 1.95. The number of carbonyl (C=O) groups excluding carboxylic acids is 1. The van der Waals surface area contributed by atoms with Gasteiger partial charge in [-0.1, -0.05) is 0 Å². The molecule has 0 saturated heterocycles. The number of nitrogens with zero attached hydrogens (tertiary/aromatic N) is 3. The minimum atomic E-state index is -0.308. The lowest BCUT2D eigenvalue weighted by molar-refractivity contribution is -0.116. The van der Waals surface area contributed by atoms with Crippen LogP contribution in [0.4, 0.5) is 22.5 Å². The SMILES string of the molecule is Cc1cnc(Nc2ncnc3c2NC(=O)C(C)N3)s1. The lowest BCUT2D eigenvalue weighted by Crippen LogP contribution is -2.37. The molecule has 2 aromatic heterocycles. The van der Waals surface area contributed by atoms with E-state index in [1.807, 2.05) is 6.92 Å². The highest BCUT2D eigenvalue weighted by Crippen LogP contribution is 2.32. The van der Waals surface area contributed by atoms with Crippen molar-refractivity contribution < 1.29 is 4.79 Å². The second kappa shape index (κ2) is 4.47. The predicted molar refractivity (Wildman–Crippen MR) is 73.9 cm³/mol. The molecule has 1 aliphatic rings. The molecule has 3 N–H and O–H groups in total. The van der Waals surface area contributed by atoms with E-state index in [9.17, 15) is 4.79 Å². The Kier molecular flexibility index (Phi) is 2.79. The zero-order valence-corrected chi connectivity index (χ0v) is 11.2. The Morgan fingerprint density at radius 2 is 2.21 bits per heavy atom. The number of fused-ring (bicyclic) bond motifs is 1. The maximum Gasteiger partial charge on any atom is 0.246 e. The van der Waals surface area contributed by atoms with Gasteiger partial charge in [0.1, 0.15) is 18.1 Å². The minimum Gasteiger partial charge on any atom is -0.357 e. The highest BCUT2D eigenvalue weighted by Gasteiger charge is 2.25. The van der Waals surface area contributed by atoms with Crippen molar-refractivity contribution in [3.8, 4) is 0 Å². The van der Waals surface area contributed by atoms with E-state index >= 15 is 0 Å². The summed E-state index contributed by atoms with van der Waals surface area (Å²) in [6.45, 7) is 3.75. The summed E-state index contributed by atoms with van der Waals surface area (Å²) in [6.07, 6.45) is 3.22. The van der Waals surface area contributed by atoms with Gasteiger partial charge in [-0.15, -0.1) is 11.3 Å². The first-order valence-electron chi connectivity index (χ1n) is 5.75. The second-order valence-electron chi connectivity index (χ2n) is 4.20. The van der Waals surface area contributed by atoms with Crippen LogP contribution in [0.3, 0.4) is 0 Å². The van der Waals surface area contributed by atoms with E-state index in [4.69, 9.17) is 0 Å². The molecule has 19 heavy (non-hydrogen) atoms. The molecule has 0 spiro atoms. The minimum absolute atomic E-state index is 0.110. The Morgan fingerprint density at radius 1 is 1.37 bits per heavy atom. The first kappa shape index (κ1) is 11.8. The van der Waals surface area contributed by atoms with Crippen LogP contribution in [0.2, 0.25) is 0 Å². The topological polar surface area (TPSA) is 91.8 Å². The van der Waals surface area contributed by atoms with Gasteiger partial charge in [-0.3, -0.25) is 4.79 Å². The fourth-order valence-electron chi connectivity index (χ4n) is 1.72. The van der Waals surface area contributed by atoms with Gasteiger partial charge < -0.3 is 16.0 Å². The van der Waals surface area contributed by atoms with E-state index in [2.05, 4.69) is 30.9 Å². The fraction of sp³-hybridized carbons (Fsp3) is 0.273. The molecule has 0 radical (unpaired) electrons. The molecule has 3 heterocycles. The van der Waals surface area contributed by atoms with Crippen LogP contribution in [0.25, 0.3) is 0 Å². The van der Waals surface area contributed by atoms with Crippen LogP contribution in [0.5, 0.6) is 0 Å². The van der Waals surface area contributed by atoms with Crippen LogP contribution < -0.4 is 16.0 Å². The number of aryl methyl sites for hydroxylation is 1. The van der Waals surface area contributed by atoms with E-state index in [0.29, 0.717) is 17.3 Å². The van der Waals surface area contributed by atoms with Gasteiger partial charge in [0.05, 0.1) is 0 Å². The lowest BCUT2D eigenvalue weighted by Gasteiger charge is -2.24. The molecule has 0 aromatic carbocycles. The van der Waals surface area contributed by atoms with Gasteiger partial charge in [-0.2, -0.15) is 0 Å². The Hall–Kier alpha value is -2.22. The zero-order valence-electron chi connectivity index (χ0n) is 10.4. The molecule has 98 valence electrons. The van der Waals surface area contributed by atoms with Crippen LogP contribution in [0.1, 0.15) is 11.8 Å². The van der Waals surface area contributed by atoms with E-state index in [1.165, 1.54) is 17.7 Å². The van der Waals surface area contributed by atoms with Crippen molar-refractivity contribution in [1.29, 1.82) is 0 Å². The summed E-state index contributed by atoms with van der Waals surface area (Å²) in [5, 5.41) is 9.63. The first-order chi connectivity index (χ1) is 9.13. The number of aromatic nitrogens is 3. The van der Waals surface area contributed by atoms with E-state index < -0.39 is 0 Å². The molecule has 1 atom stereocenters. The summed E-state index contributed by atoms with van der Waals surface area (Å²) in [5.41, 5.74) is 0.554. The van der Waals surface area contributed by atoms with E-state index in [-0.39, 0.29) is 11.9 Å². The largest absolute Gasteiger partial charge is 0.357 e. The third-order valence-electron chi connectivity index (χ3n) is 2.69. The maximum absolute atomic E-state index is 11.7. The predicted octanol–water partition coefficient (Wildman–Crippen LogP) is 1.74. The number of hydrogen-bond donors (Lipinski definition) is 3. The standard InChI is InChI=1S/C11H12N6OS/c1-5-3-12-11(19-5)17-9-7-8(13-4-14-9)15-6(2)10(18)16-7/h3-4,6H,1-2H3,(H,16,18)(H2,12,13,14,15,17). The van der Waals surface area contributed by atoms with Gasteiger partial charge in [0.25, 0.3) is 0 Å². The zero-order chi connectivity index (χ0) is 13.4. The second-order valence-corrected chi connectivity index (χ2v) is 5.44. The molecule has 0 saturated carbocycles. The normalized spacial score (nSPS) is 17.4. The van der Waals surface area contributed by atoms with Crippen molar-refractivity contribution in [2.45, 2.75) is 19.9 Å². The van der Waals surface area contributed by atoms with Gasteiger partial charge in [0.2, 0.25) is 5.91 Å². The molecule has 0 bridgehead atoms. The Bertz CT molecular complexity index is 640. The van der Waals surface area contributed by atoms with Crippen molar-refractivity contribution in [1.82, 2.24) is 15.0 Å².